The molecule has 0 N–H and O–H groups in total. The molecule has 0 bridgehead atoms. The Bertz CT molecular complexity index is 480. The van der Waals surface area contributed by atoms with Crippen LogP contribution in [0.1, 0.15) is 0 Å². The van der Waals surface area contributed by atoms with Crippen molar-refractivity contribution in [1.29, 1.82) is 0 Å². The summed E-state index contributed by atoms with van der Waals surface area (Å²) in [6.45, 7) is 0. The number of nitrogens with zero attached hydrogens (tertiary/aromatic N) is 3. The number of aromatic nitrogens is 2. The summed E-state index contributed by atoms with van der Waals surface area (Å²) in [5, 5.41) is 10.6. The van der Waals surface area contributed by atoms with Gasteiger partial charge < -0.3 is 0 Å². The molecule has 0 radical (unpaired) electrons. The Balaban J connectivity index is 2.84. The summed E-state index contributed by atoms with van der Waals surface area (Å²) in [5.74, 6) is 0. The van der Waals surface area contributed by atoms with Crippen LogP contribution in [0.5, 0.6) is 0 Å². The molecule has 6 heteroatoms. The van der Waals surface area contributed by atoms with Gasteiger partial charge in [-0.3, -0.25) is 0 Å². The van der Waals surface area contributed by atoms with Crippen LogP contribution in [0, 0.1) is 10.1 Å². The Morgan fingerprint density at radius 2 is 2.38 bits per heavy atom. The van der Waals surface area contributed by atoms with Gasteiger partial charge in [-0.25, -0.2) is 0 Å². The van der Waals surface area contributed by atoms with Crippen molar-refractivity contribution < 1.29 is 8.49 Å². The molecular weight excluding hydrogens is 237 g/mol. The number of benzene rings is 1. The quantitative estimate of drug-likeness (QED) is 0.403. The Hall–Kier alpha value is -1.26. The van der Waals surface area contributed by atoms with Gasteiger partial charge in [0.05, 0.1) is 0 Å². The Morgan fingerprint density at radius 1 is 1.62 bits per heavy atom. The summed E-state index contributed by atoms with van der Waals surface area (Å²) in [6.07, 6.45) is 0. The Labute approximate surface area is 80.0 Å². The minimum absolute atomic E-state index is 0.0333. The van der Waals surface area contributed by atoms with Gasteiger partial charge in [0.15, 0.2) is 0 Å². The van der Waals surface area contributed by atoms with Gasteiger partial charge in [-0.05, 0) is 0 Å². The molecule has 1 aromatic heterocycles. The molecule has 0 atom stereocenters. The van der Waals surface area contributed by atoms with E-state index in [2.05, 4.69) is 3.98 Å². The van der Waals surface area contributed by atoms with Crippen molar-refractivity contribution in [3.05, 3.63) is 28.3 Å². The van der Waals surface area contributed by atoms with Crippen molar-refractivity contribution in [3.63, 3.8) is 0 Å². The average molecular weight is 243 g/mol. The summed E-state index contributed by atoms with van der Waals surface area (Å²) in [5.41, 5.74) is 1.48. The van der Waals surface area contributed by atoms with E-state index in [4.69, 9.17) is 0 Å². The Kier molecular flexibility index (Phi) is 1.86. The average Bonchev–Trinajstić information content (AvgIpc) is 2.48. The van der Waals surface area contributed by atoms with Gasteiger partial charge in [0.2, 0.25) is 0 Å². The second-order valence-corrected chi connectivity index (χ2v) is 4.45. The molecule has 1 heterocycles. The molecule has 0 unspecified atom stereocenters. The number of nitro groups is 1. The molecule has 66 valence electrons. The van der Waals surface area contributed by atoms with E-state index < -0.39 is 4.92 Å². The standard InChI is InChI=1S/C7H6N3O2Se/c1-9-5-3-2-4-6(10(11)12)7(5)8-13-9/h2-4H,1H3/q+1. The van der Waals surface area contributed by atoms with E-state index in [1.165, 1.54) is 6.07 Å². The predicted molar refractivity (Wildman–Crippen MR) is 46.5 cm³/mol. The molecule has 2 rings (SSSR count). The number of hydrogen-bond acceptors (Lipinski definition) is 3. The van der Waals surface area contributed by atoms with Crippen LogP contribution in [0.25, 0.3) is 11.0 Å². The summed E-state index contributed by atoms with van der Waals surface area (Å²) in [6, 6.07) is 5.02. The van der Waals surface area contributed by atoms with Gasteiger partial charge in [0.25, 0.3) is 0 Å². The van der Waals surface area contributed by atoms with Crippen LogP contribution in [0.2, 0.25) is 0 Å². The van der Waals surface area contributed by atoms with Crippen molar-refractivity contribution in [1.82, 2.24) is 3.98 Å². The molecule has 0 aliphatic carbocycles. The van der Waals surface area contributed by atoms with Crippen molar-refractivity contribution in [2.24, 2.45) is 7.05 Å². The number of nitro benzene ring substituents is 1. The second-order valence-electron chi connectivity index (χ2n) is 2.57. The Morgan fingerprint density at radius 3 is 3.08 bits per heavy atom. The van der Waals surface area contributed by atoms with E-state index in [1.807, 2.05) is 16.7 Å². The van der Waals surface area contributed by atoms with Crippen LogP contribution >= 0.6 is 0 Å². The third-order valence-corrected chi connectivity index (χ3v) is 3.26. The zero-order valence-electron chi connectivity index (χ0n) is 6.80. The molecule has 0 aliphatic heterocycles. The van der Waals surface area contributed by atoms with Crippen LogP contribution in [-0.4, -0.2) is 23.9 Å². The maximum atomic E-state index is 10.6. The molecule has 13 heavy (non-hydrogen) atoms. The molecule has 1 aromatic carbocycles. The molecule has 0 fully saturated rings. The predicted octanol–water partition coefficient (Wildman–Crippen LogP) is 0.0245. The molecular formula is C7H6N3O2Se+. The maximum absolute atomic E-state index is 10.6. The van der Waals surface area contributed by atoms with Crippen molar-refractivity contribution in [2.75, 3.05) is 0 Å². The first-order valence-corrected chi connectivity index (χ1v) is 5.12. The van der Waals surface area contributed by atoms with E-state index in [0.717, 1.165) is 5.52 Å². The van der Waals surface area contributed by atoms with Gasteiger partial charge >= 0.3 is 79.5 Å². The van der Waals surface area contributed by atoms with E-state index >= 15 is 0 Å². The minimum atomic E-state index is -0.391. The van der Waals surface area contributed by atoms with Crippen LogP contribution in [-0.2, 0) is 7.05 Å². The van der Waals surface area contributed by atoms with Crippen LogP contribution in [0.3, 0.4) is 0 Å². The van der Waals surface area contributed by atoms with Gasteiger partial charge in [-0.15, -0.1) is 0 Å². The molecule has 0 saturated carbocycles. The first kappa shape index (κ1) is 8.34. The van der Waals surface area contributed by atoms with E-state index in [1.54, 1.807) is 6.07 Å². The van der Waals surface area contributed by atoms with Gasteiger partial charge in [-0.2, -0.15) is 0 Å². The fourth-order valence-corrected chi connectivity index (χ4v) is 2.47. The first-order valence-electron chi connectivity index (χ1n) is 3.59. The number of hydrogen-bond donors (Lipinski definition) is 0. The number of fused-ring (bicyclic) bond motifs is 1. The number of non-ortho nitro benzene ring substituents is 1. The summed E-state index contributed by atoms with van der Waals surface area (Å²) in [4.78, 5) is 10.2. The van der Waals surface area contributed by atoms with Crippen molar-refractivity contribution in [2.45, 2.75) is 0 Å². The van der Waals surface area contributed by atoms with E-state index in [0.29, 0.717) is 5.52 Å². The molecule has 5 nitrogen and oxygen atoms in total. The van der Waals surface area contributed by atoms with E-state index in [9.17, 15) is 10.1 Å². The van der Waals surface area contributed by atoms with Gasteiger partial charge in [0.1, 0.15) is 0 Å². The topological polar surface area (TPSA) is 59.9 Å². The summed E-state index contributed by atoms with van der Waals surface area (Å²) < 4.78 is 6.09. The normalized spacial score (nSPS) is 10.5. The molecule has 0 aliphatic rings. The van der Waals surface area contributed by atoms with E-state index in [-0.39, 0.29) is 20.6 Å². The second kappa shape index (κ2) is 2.90. The molecule has 0 saturated heterocycles. The fourth-order valence-electron chi connectivity index (χ4n) is 1.16. The van der Waals surface area contributed by atoms with Crippen molar-refractivity contribution in [3.8, 4) is 0 Å². The number of rotatable bonds is 1. The monoisotopic (exact) mass is 244 g/mol. The molecule has 0 amide bonds. The number of aryl methyl sites for hydroxylation is 1. The zero-order valence-corrected chi connectivity index (χ0v) is 8.51. The van der Waals surface area contributed by atoms with Gasteiger partial charge in [0, 0.05) is 0 Å². The van der Waals surface area contributed by atoms with Crippen molar-refractivity contribution >= 4 is 31.7 Å². The van der Waals surface area contributed by atoms with Crippen LogP contribution < -0.4 is 3.56 Å². The molecule has 0 spiro atoms. The van der Waals surface area contributed by atoms with Crippen LogP contribution in [0.4, 0.5) is 5.69 Å². The van der Waals surface area contributed by atoms with Crippen LogP contribution in [0.15, 0.2) is 18.2 Å². The zero-order chi connectivity index (χ0) is 9.42. The summed E-state index contributed by atoms with van der Waals surface area (Å²) >= 11 is -0.0333. The third-order valence-electron chi connectivity index (χ3n) is 1.78. The van der Waals surface area contributed by atoms with Gasteiger partial charge in [-0.1, -0.05) is 0 Å². The fraction of sp³-hybridized carbons (Fsp3) is 0.143. The third kappa shape index (κ3) is 1.24. The first-order chi connectivity index (χ1) is 6.20. The molecule has 2 aromatic rings. The SMILES string of the molecule is C[n+]1[se]nc2c([N+](=O)[O-])cccc21. The summed E-state index contributed by atoms with van der Waals surface area (Å²) in [7, 11) is 1.89.